The summed E-state index contributed by atoms with van der Waals surface area (Å²) in [5, 5.41) is 2.81. The van der Waals surface area contributed by atoms with Crippen LogP contribution in [-0.4, -0.2) is 46.0 Å². The molecule has 2 aliphatic rings. The van der Waals surface area contributed by atoms with Crippen LogP contribution >= 0.6 is 11.8 Å². The molecule has 0 spiro atoms. The number of anilines is 1. The average Bonchev–Trinajstić information content (AvgIpc) is 3.05. The maximum absolute atomic E-state index is 12.4. The Balaban J connectivity index is 1.58. The SMILES string of the molecule is Cc1cc(C)c(NC(=O)COC(=O)[C@H]2CS[C@]3(C)CCC(=O)N23)c(C)c1. The number of ether oxygens (including phenoxy) is 1. The van der Waals surface area contributed by atoms with Crippen molar-refractivity contribution in [1.29, 1.82) is 0 Å². The molecule has 2 fully saturated rings. The third kappa shape index (κ3) is 3.45. The number of nitrogens with zero attached hydrogens (tertiary/aromatic N) is 1. The second kappa shape index (κ2) is 6.95. The summed E-state index contributed by atoms with van der Waals surface area (Å²) in [5.41, 5.74) is 3.80. The quantitative estimate of drug-likeness (QED) is 0.818. The van der Waals surface area contributed by atoms with Crippen LogP contribution in [-0.2, 0) is 19.1 Å². The van der Waals surface area contributed by atoms with Gasteiger partial charge in [-0.25, -0.2) is 4.79 Å². The van der Waals surface area contributed by atoms with Gasteiger partial charge in [-0.15, -0.1) is 11.8 Å². The van der Waals surface area contributed by atoms with Gasteiger partial charge < -0.3 is 15.0 Å². The molecule has 1 N–H and O–H groups in total. The zero-order valence-electron chi connectivity index (χ0n) is 15.5. The van der Waals surface area contributed by atoms with Gasteiger partial charge in [0.25, 0.3) is 5.91 Å². The summed E-state index contributed by atoms with van der Waals surface area (Å²) in [6, 6.07) is 3.38. The van der Waals surface area contributed by atoms with Crippen molar-refractivity contribution in [2.45, 2.75) is 51.4 Å². The number of aryl methyl sites for hydroxylation is 3. The second-order valence-corrected chi connectivity index (χ2v) is 8.70. The van der Waals surface area contributed by atoms with E-state index in [9.17, 15) is 14.4 Å². The molecule has 2 atom stereocenters. The van der Waals surface area contributed by atoms with E-state index >= 15 is 0 Å². The van der Waals surface area contributed by atoms with Gasteiger partial charge in [-0.2, -0.15) is 0 Å². The molecule has 2 amide bonds. The van der Waals surface area contributed by atoms with Crippen molar-refractivity contribution in [1.82, 2.24) is 4.90 Å². The predicted octanol–water partition coefficient (Wildman–Crippen LogP) is 2.55. The van der Waals surface area contributed by atoms with Gasteiger partial charge in [0.2, 0.25) is 5.91 Å². The zero-order chi connectivity index (χ0) is 19.1. The predicted molar refractivity (Wildman–Crippen MR) is 101 cm³/mol. The van der Waals surface area contributed by atoms with Gasteiger partial charge in [-0.05, 0) is 45.2 Å². The second-order valence-electron chi connectivity index (χ2n) is 7.20. The standard InChI is InChI=1S/C19H24N2O4S/c1-11-7-12(2)17(13(3)8-11)20-15(22)9-25-18(24)14-10-26-19(4)6-5-16(23)21(14)19/h7-8,14H,5-6,9-10H2,1-4H3,(H,20,22)/t14-,19-/m1/s1. The lowest BCUT2D eigenvalue weighted by Gasteiger charge is -2.29. The molecule has 3 rings (SSSR count). The molecule has 2 aliphatic heterocycles. The molecule has 0 unspecified atom stereocenters. The van der Waals surface area contributed by atoms with Crippen molar-refractivity contribution < 1.29 is 19.1 Å². The fraction of sp³-hybridized carbons (Fsp3) is 0.526. The van der Waals surface area contributed by atoms with E-state index in [0.717, 1.165) is 28.8 Å². The average molecular weight is 376 g/mol. The molecule has 0 saturated carbocycles. The monoisotopic (exact) mass is 376 g/mol. The summed E-state index contributed by atoms with van der Waals surface area (Å²) in [7, 11) is 0. The number of rotatable bonds is 4. The van der Waals surface area contributed by atoms with Crippen LogP contribution in [0.2, 0.25) is 0 Å². The normalized spacial score (nSPS) is 24.5. The maximum Gasteiger partial charge on any atom is 0.330 e. The minimum Gasteiger partial charge on any atom is -0.454 e. The Hall–Kier alpha value is -2.02. The van der Waals surface area contributed by atoms with Crippen LogP contribution in [0, 0.1) is 20.8 Å². The molecule has 1 aromatic rings. The van der Waals surface area contributed by atoms with E-state index in [1.54, 1.807) is 16.7 Å². The highest BCUT2D eigenvalue weighted by Gasteiger charge is 2.53. The molecule has 1 aromatic carbocycles. The van der Waals surface area contributed by atoms with Crippen LogP contribution in [0.3, 0.4) is 0 Å². The molecule has 0 aliphatic carbocycles. The summed E-state index contributed by atoms with van der Waals surface area (Å²) in [6.45, 7) is 7.48. The summed E-state index contributed by atoms with van der Waals surface area (Å²) < 4.78 is 5.21. The first kappa shape index (κ1) is 18.8. The van der Waals surface area contributed by atoms with Crippen molar-refractivity contribution in [3.63, 3.8) is 0 Å². The largest absolute Gasteiger partial charge is 0.454 e. The first-order valence-corrected chi connectivity index (χ1v) is 9.70. The molecule has 0 radical (unpaired) electrons. The lowest BCUT2D eigenvalue weighted by Crippen LogP contribution is -2.47. The molecule has 2 heterocycles. The maximum atomic E-state index is 12.4. The fourth-order valence-corrected chi connectivity index (χ4v) is 5.20. The fourth-order valence-electron chi connectivity index (χ4n) is 3.78. The lowest BCUT2D eigenvalue weighted by molar-refractivity contribution is -0.155. The number of benzene rings is 1. The van der Waals surface area contributed by atoms with Crippen LogP contribution in [0.5, 0.6) is 0 Å². The third-order valence-corrected chi connectivity index (χ3v) is 6.51. The smallest absolute Gasteiger partial charge is 0.330 e. The van der Waals surface area contributed by atoms with Crippen LogP contribution in [0.4, 0.5) is 5.69 Å². The van der Waals surface area contributed by atoms with E-state index in [1.165, 1.54) is 0 Å². The van der Waals surface area contributed by atoms with E-state index in [4.69, 9.17) is 4.74 Å². The van der Waals surface area contributed by atoms with Gasteiger partial charge in [0.1, 0.15) is 6.04 Å². The van der Waals surface area contributed by atoms with Crippen LogP contribution in [0.25, 0.3) is 0 Å². The molecule has 6 nitrogen and oxygen atoms in total. The third-order valence-electron chi connectivity index (χ3n) is 5.00. The lowest BCUT2D eigenvalue weighted by atomic mass is 10.1. The van der Waals surface area contributed by atoms with Crippen molar-refractivity contribution in [2.24, 2.45) is 0 Å². The van der Waals surface area contributed by atoms with Gasteiger partial charge in [-0.3, -0.25) is 9.59 Å². The molecule has 0 aromatic heterocycles. The number of carbonyl (C=O) groups is 3. The van der Waals surface area contributed by atoms with Crippen molar-refractivity contribution in [3.8, 4) is 0 Å². The number of hydrogen-bond acceptors (Lipinski definition) is 5. The Morgan fingerprint density at radius 3 is 2.62 bits per heavy atom. The minimum absolute atomic E-state index is 0.0187. The van der Waals surface area contributed by atoms with Gasteiger partial charge in [0, 0.05) is 17.9 Å². The first-order chi connectivity index (χ1) is 12.2. The van der Waals surface area contributed by atoms with E-state index in [1.807, 2.05) is 39.8 Å². The minimum atomic E-state index is -0.601. The Morgan fingerprint density at radius 1 is 1.31 bits per heavy atom. The molecule has 140 valence electrons. The van der Waals surface area contributed by atoms with Crippen LogP contribution < -0.4 is 5.32 Å². The number of hydrogen-bond donors (Lipinski definition) is 1. The van der Waals surface area contributed by atoms with E-state index in [2.05, 4.69) is 5.32 Å². The van der Waals surface area contributed by atoms with E-state index < -0.39 is 12.0 Å². The number of carbonyl (C=O) groups excluding carboxylic acids is 3. The van der Waals surface area contributed by atoms with Gasteiger partial charge >= 0.3 is 5.97 Å². The Bertz CT molecular complexity index is 756. The van der Waals surface area contributed by atoms with Gasteiger partial charge in [0.05, 0.1) is 4.87 Å². The molecular weight excluding hydrogens is 352 g/mol. The number of nitrogens with one attached hydrogen (secondary N) is 1. The molecular formula is C19H24N2O4S. The van der Waals surface area contributed by atoms with Crippen LogP contribution in [0.15, 0.2) is 12.1 Å². The highest BCUT2D eigenvalue weighted by Crippen LogP contribution is 2.47. The molecule has 7 heteroatoms. The summed E-state index contributed by atoms with van der Waals surface area (Å²) >= 11 is 1.60. The Kier molecular flexibility index (Phi) is 5.01. The topological polar surface area (TPSA) is 75.7 Å². The number of fused-ring (bicyclic) bond motifs is 1. The Morgan fingerprint density at radius 2 is 1.96 bits per heavy atom. The summed E-state index contributed by atoms with van der Waals surface area (Å²) in [6.07, 6.45) is 1.20. The molecule has 26 heavy (non-hydrogen) atoms. The van der Waals surface area contributed by atoms with Gasteiger partial charge in [0.15, 0.2) is 6.61 Å². The van der Waals surface area contributed by atoms with E-state index in [0.29, 0.717) is 12.2 Å². The van der Waals surface area contributed by atoms with Gasteiger partial charge in [-0.1, -0.05) is 17.7 Å². The van der Waals surface area contributed by atoms with Crippen molar-refractivity contribution in [2.75, 3.05) is 17.7 Å². The number of thioether (sulfide) groups is 1. The highest BCUT2D eigenvalue weighted by molar-refractivity contribution is 8.01. The first-order valence-electron chi connectivity index (χ1n) is 8.72. The zero-order valence-corrected chi connectivity index (χ0v) is 16.4. The number of esters is 1. The summed E-state index contributed by atoms with van der Waals surface area (Å²) in [4.78, 5) is 38.0. The molecule has 2 saturated heterocycles. The Labute approximate surface area is 157 Å². The highest BCUT2D eigenvalue weighted by atomic mass is 32.2. The van der Waals surface area contributed by atoms with E-state index in [-0.39, 0.29) is 23.3 Å². The molecule has 0 bridgehead atoms. The van der Waals surface area contributed by atoms with Crippen molar-refractivity contribution >= 4 is 35.2 Å². The van der Waals surface area contributed by atoms with Crippen LogP contribution in [0.1, 0.15) is 36.5 Å². The van der Waals surface area contributed by atoms with Crippen molar-refractivity contribution in [3.05, 3.63) is 28.8 Å². The summed E-state index contributed by atoms with van der Waals surface area (Å²) in [5.74, 6) is -0.396. The number of amides is 2.